The number of thiophene rings is 1. The number of anilines is 1. The van der Waals surface area contributed by atoms with Crippen LogP contribution in [0.2, 0.25) is 5.02 Å². The number of aryl methyl sites for hydroxylation is 1. The Morgan fingerprint density at radius 2 is 2.24 bits per heavy atom. The second kappa shape index (κ2) is 7.99. The molecule has 0 aliphatic carbocycles. The van der Waals surface area contributed by atoms with Crippen molar-refractivity contribution in [3.05, 3.63) is 57.3 Å². The molecule has 0 saturated heterocycles. The van der Waals surface area contributed by atoms with Gasteiger partial charge in [-0.25, -0.2) is 0 Å². The summed E-state index contributed by atoms with van der Waals surface area (Å²) in [6.07, 6.45) is 4.15. The zero-order chi connectivity index (χ0) is 15.2. The van der Waals surface area contributed by atoms with E-state index in [4.69, 9.17) is 23.8 Å². The molecule has 2 rings (SSSR count). The fraction of sp³-hybridized carbons (Fsp3) is 0.188. The monoisotopic (exact) mass is 353 g/mol. The molecule has 1 heterocycles. The highest BCUT2D eigenvalue weighted by atomic mass is 35.5. The zero-order valence-corrected chi connectivity index (χ0v) is 15.1. The summed E-state index contributed by atoms with van der Waals surface area (Å²) >= 11 is 15.1. The van der Waals surface area contributed by atoms with Crippen molar-refractivity contribution in [2.45, 2.75) is 18.7 Å². The minimum absolute atomic E-state index is 0.750. The summed E-state index contributed by atoms with van der Waals surface area (Å²) in [5.41, 5.74) is 2.06. The summed E-state index contributed by atoms with van der Waals surface area (Å²) < 4.78 is 0. The predicted molar refractivity (Wildman–Crippen MR) is 101 cm³/mol. The van der Waals surface area contributed by atoms with E-state index in [9.17, 15) is 0 Å². The fourth-order valence-corrected chi connectivity index (χ4v) is 4.02. The molecule has 0 aliphatic rings. The van der Waals surface area contributed by atoms with Gasteiger partial charge < -0.3 is 5.32 Å². The van der Waals surface area contributed by atoms with Crippen molar-refractivity contribution in [1.82, 2.24) is 0 Å². The number of nitrogens with one attached hydrogen (secondary N) is 1. The van der Waals surface area contributed by atoms with E-state index in [1.165, 1.54) is 4.88 Å². The van der Waals surface area contributed by atoms with Crippen molar-refractivity contribution in [1.29, 1.82) is 0 Å². The Morgan fingerprint density at radius 1 is 1.43 bits per heavy atom. The molecule has 0 unspecified atom stereocenters. The molecule has 1 nitrogen and oxygen atoms in total. The molecule has 1 N–H and O–H groups in total. The Morgan fingerprint density at radius 3 is 2.90 bits per heavy atom. The molecule has 0 radical (unpaired) electrons. The van der Waals surface area contributed by atoms with Crippen LogP contribution in [0.25, 0.3) is 0 Å². The highest BCUT2D eigenvalue weighted by Crippen LogP contribution is 2.30. The normalized spacial score (nSPS) is 11.0. The van der Waals surface area contributed by atoms with Crippen molar-refractivity contribution in [2.75, 3.05) is 11.1 Å². The number of hydrogen-bond acceptors (Lipinski definition) is 3. The lowest BCUT2D eigenvalue weighted by Crippen LogP contribution is -2.10. The smallest absolute Gasteiger partial charge is 0.112 e. The summed E-state index contributed by atoms with van der Waals surface area (Å²) in [4.78, 5) is 3.04. The van der Waals surface area contributed by atoms with E-state index in [1.807, 2.05) is 37.3 Å². The number of thiocarbonyl (C=S) groups is 1. The van der Waals surface area contributed by atoms with Gasteiger partial charge in [0, 0.05) is 26.8 Å². The Balaban J connectivity index is 2.12. The van der Waals surface area contributed by atoms with Crippen molar-refractivity contribution in [3.63, 3.8) is 0 Å². The summed E-state index contributed by atoms with van der Waals surface area (Å²) in [6, 6.07) is 7.96. The van der Waals surface area contributed by atoms with Crippen molar-refractivity contribution in [2.24, 2.45) is 0 Å². The van der Waals surface area contributed by atoms with Crippen LogP contribution in [0.5, 0.6) is 0 Å². The standard InChI is InChI=1S/C16H16ClNS3/c1-3-4-8-21-15-10-12(5-6-14(15)17)18-16(19)13-7-9-20-11(13)2/h3-7,9-10H,8H2,1-2H3,(H,18,19)/b4-3+. The first-order chi connectivity index (χ1) is 10.1. The van der Waals surface area contributed by atoms with E-state index in [-0.39, 0.29) is 0 Å². The van der Waals surface area contributed by atoms with E-state index < -0.39 is 0 Å². The van der Waals surface area contributed by atoms with Gasteiger partial charge in [0.15, 0.2) is 0 Å². The topological polar surface area (TPSA) is 12.0 Å². The van der Waals surface area contributed by atoms with Crippen molar-refractivity contribution >= 4 is 57.6 Å². The largest absolute Gasteiger partial charge is 0.346 e. The summed E-state index contributed by atoms with van der Waals surface area (Å²) in [7, 11) is 0. The van der Waals surface area contributed by atoms with Gasteiger partial charge in [-0.05, 0) is 43.5 Å². The van der Waals surface area contributed by atoms with E-state index in [0.29, 0.717) is 0 Å². The minimum atomic E-state index is 0.750. The van der Waals surface area contributed by atoms with Crippen LogP contribution in [0.3, 0.4) is 0 Å². The second-order valence-corrected chi connectivity index (χ2v) is 7.37. The first kappa shape index (κ1) is 16.6. The molecule has 21 heavy (non-hydrogen) atoms. The van der Waals surface area contributed by atoms with Crippen LogP contribution in [0, 0.1) is 6.92 Å². The number of benzene rings is 1. The number of halogens is 1. The van der Waals surface area contributed by atoms with E-state index >= 15 is 0 Å². The van der Waals surface area contributed by atoms with Gasteiger partial charge in [-0.3, -0.25) is 0 Å². The number of hydrogen-bond donors (Lipinski definition) is 1. The average molecular weight is 354 g/mol. The predicted octanol–water partition coefficient (Wildman–Crippen LogP) is 6.17. The van der Waals surface area contributed by atoms with E-state index in [2.05, 4.69) is 23.7 Å². The SMILES string of the molecule is C/C=C/CSc1cc(NC(=S)c2ccsc2C)ccc1Cl. The molecular weight excluding hydrogens is 338 g/mol. The molecule has 0 bridgehead atoms. The molecule has 1 aromatic heterocycles. The summed E-state index contributed by atoms with van der Waals surface area (Å²) in [5, 5.41) is 6.12. The Bertz CT molecular complexity index is 661. The van der Waals surface area contributed by atoms with Gasteiger partial charge in [0.2, 0.25) is 0 Å². The zero-order valence-electron chi connectivity index (χ0n) is 11.9. The second-order valence-electron chi connectivity index (χ2n) is 4.37. The van der Waals surface area contributed by atoms with E-state index in [0.717, 1.165) is 31.9 Å². The maximum Gasteiger partial charge on any atom is 0.112 e. The molecule has 0 fully saturated rings. The molecule has 0 amide bonds. The first-order valence-corrected chi connectivity index (χ1v) is 9.16. The van der Waals surface area contributed by atoms with Gasteiger partial charge in [0.1, 0.15) is 4.99 Å². The quantitative estimate of drug-likeness (QED) is 0.392. The van der Waals surface area contributed by atoms with Crippen LogP contribution in [0.15, 0.2) is 46.7 Å². The molecule has 1 aromatic carbocycles. The molecule has 110 valence electrons. The van der Waals surface area contributed by atoms with Gasteiger partial charge >= 0.3 is 0 Å². The van der Waals surface area contributed by atoms with Crippen LogP contribution < -0.4 is 5.32 Å². The number of rotatable bonds is 5. The maximum absolute atomic E-state index is 6.23. The summed E-state index contributed by atoms with van der Waals surface area (Å²) in [6.45, 7) is 4.09. The van der Waals surface area contributed by atoms with Crippen LogP contribution in [0.4, 0.5) is 5.69 Å². The van der Waals surface area contributed by atoms with Gasteiger partial charge in [0.25, 0.3) is 0 Å². The molecule has 0 saturated carbocycles. The fourth-order valence-electron chi connectivity index (χ4n) is 1.74. The minimum Gasteiger partial charge on any atom is -0.346 e. The highest BCUT2D eigenvalue weighted by Gasteiger charge is 2.08. The Labute approximate surface area is 144 Å². The molecule has 0 spiro atoms. The van der Waals surface area contributed by atoms with Crippen LogP contribution in [-0.4, -0.2) is 10.7 Å². The van der Waals surface area contributed by atoms with Crippen molar-refractivity contribution < 1.29 is 0 Å². The summed E-state index contributed by atoms with van der Waals surface area (Å²) in [5.74, 6) is 0.910. The Kier molecular flexibility index (Phi) is 6.30. The number of allylic oxidation sites excluding steroid dienone is 1. The molecule has 5 heteroatoms. The maximum atomic E-state index is 6.23. The van der Waals surface area contributed by atoms with E-state index in [1.54, 1.807) is 23.1 Å². The molecule has 2 aromatic rings. The van der Waals surface area contributed by atoms with Gasteiger partial charge in [-0.15, -0.1) is 23.1 Å². The molecule has 0 aliphatic heterocycles. The van der Waals surface area contributed by atoms with Gasteiger partial charge in [-0.1, -0.05) is 36.0 Å². The Hall–Kier alpha value is -0.810. The lowest BCUT2D eigenvalue weighted by atomic mass is 10.2. The van der Waals surface area contributed by atoms with Crippen molar-refractivity contribution in [3.8, 4) is 0 Å². The lowest BCUT2D eigenvalue weighted by molar-refractivity contribution is 1.44. The lowest BCUT2D eigenvalue weighted by Gasteiger charge is -2.10. The molecule has 0 atom stereocenters. The van der Waals surface area contributed by atoms with Crippen LogP contribution in [-0.2, 0) is 0 Å². The highest BCUT2D eigenvalue weighted by molar-refractivity contribution is 7.99. The third-order valence-corrected chi connectivity index (χ3v) is 5.48. The van der Waals surface area contributed by atoms with Gasteiger partial charge in [0.05, 0.1) is 5.02 Å². The van der Waals surface area contributed by atoms with Gasteiger partial charge in [-0.2, -0.15) is 0 Å². The third kappa shape index (κ3) is 4.58. The molecular formula is C16H16ClNS3. The average Bonchev–Trinajstić information content (AvgIpc) is 2.89. The van der Waals surface area contributed by atoms with Crippen LogP contribution >= 0.6 is 46.9 Å². The third-order valence-electron chi connectivity index (χ3n) is 2.86. The first-order valence-electron chi connectivity index (χ1n) is 6.50. The van der Waals surface area contributed by atoms with Crippen LogP contribution in [0.1, 0.15) is 17.4 Å². The number of thioether (sulfide) groups is 1.